The first-order valence-corrected chi connectivity index (χ1v) is 7.31. The molecule has 0 aliphatic carbocycles. The molecule has 1 atom stereocenters. The van der Waals surface area contributed by atoms with Crippen LogP contribution in [0.5, 0.6) is 0 Å². The molecule has 6 nitrogen and oxygen atoms in total. The fourth-order valence-corrected chi connectivity index (χ4v) is 3.00. The molecule has 1 unspecified atom stereocenters. The van der Waals surface area contributed by atoms with Crippen LogP contribution in [0, 0.1) is 5.92 Å². The third kappa shape index (κ3) is 2.73. The molecule has 2 aromatic heterocycles. The van der Waals surface area contributed by atoms with Crippen LogP contribution in [0.3, 0.4) is 0 Å². The predicted molar refractivity (Wildman–Crippen MR) is 73.0 cm³/mol. The summed E-state index contributed by atoms with van der Waals surface area (Å²) in [5.41, 5.74) is 0. The monoisotopic (exact) mass is 293 g/mol. The summed E-state index contributed by atoms with van der Waals surface area (Å²) in [7, 11) is 1.43. The molecule has 0 N–H and O–H groups in total. The minimum atomic E-state index is -0.141. The van der Waals surface area contributed by atoms with Gasteiger partial charge >= 0.3 is 5.97 Å². The molecule has 0 saturated carbocycles. The molecule has 20 heavy (non-hydrogen) atoms. The number of methoxy groups -OCH3 is 1. The summed E-state index contributed by atoms with van der Waals surface area (Å²) in [5, 5.41) is 5.96. The van der Waals surface area contributed by atoms with Gasteiger partial charge in [-0.15, -0.1) is 11.3 Å². The number of hydrogen-bond acceptors (Lipinski definition) is 7. The molecular weight excluding hydrogens is 278 g/mol. The summed E-state index contributed by atoms with van der Waals surface area (Å²) < 4.78 is 10.0. The number of thiophene rings is 1. The highest BCUT2D eigenvalue weighted by Crippen LogP contribution is 2.23. The highest BCUT2D eigenvalue weighted by molar-refractivity contribution is 7.13. The number of esters is 1. The number of rotatable bonds is 4. The van der Waals surface area contributed by atoms with Crippen molar-refractivity contribution in [2.45, 2.75) is 13.0 Å². The Bertz CT molecular complexity index is 581. The van der Waals surface area contributed by atoms with Crippen LogP contribution in [-0.2, 0) is 16.1 Å². The molecule has 2 aromatic rings. The quantitative estimate of drug-likeness (QED) is 0.801. The molecule has 7 heteroatoms. The zero-order valence-electron chi connectivity index (χ0n) is 11.1. The average Bonchev–Trinajstić information content (AvgIpc) is 3.19. The lowest BCUT2D eigenvalue weighted by Gasteiger charge is -2.12. The highest BCUT2D eigenvalue weighted by atomic mass is 32.1. The minimum Gasteiger partial charge on any atom is -0.469 e. The maximum atomic E-state index is 11.5. The maximum absolute atomic E-state index is 11.5. The van der Waals surface area contributed by atoms with E-state index < -0.39 is 0 Å². The van der Waals surface area contributed by atoms with Gasteiger partial charge in [-0.2, -0.15) is 4.98 Å². The zero-order chi connectivity index (χ0) is 13.9. The van der Waals surface area contributed by atoms with E-state index in [1.54, 1.807) is 11.3 Å². The van der Waals surface area contributed by atoms with Crippen molar-refractivity contribution in [3.05, 3.63) is 23.4 Å². The Balaban J connectivity index is 1.61. The first-order chi connectivity index (χ1) is 9.76. The van der Waals surface area contributed by atoms with Crippen molar-refractivity contribution >= 4 is 17.3 Å². The Labute approximate surface area is 120 Å². The summed E-state index contributed by atoms with van der Waals surface area (Å²) in [6.07, 6.45) is 0.818. The summed E-state index contributed by atoms with van der Waals surface area (Å²) in [6, 6.07) is 3.92. The standard InChI is InChI=1S/C13H15N3O3S/c1-18-13(17)9-4-5-16(7-9)8-11-14-12(15-19-11)10-3-2-6-20-10/h2-3,6,9H,4-5,7-8H2,1H3. The fourth-order valence-electron chi connectivity index (χ4n) is 2.35. The van der Waals surface area contributed by atoms with Gasteiger partial charge in [0.15, 0.2) is 0 Å². The van der Waals surface area contributed by atoms with Crippen LogP contribution in [0.2, 0.25) is 0 Å². The van der Waals surface area contributed by atoms with Gasteiger partial charge in [-0.1, -0.05) is 11.2 Å². The molecule has 0 radical (unpaired) electrons. The van der Waals surface area contributed by atoms with E-state index in [0.29, 0.717) is 24.8 Å². The first-order valence-electron chi connectivity index (χ1n) is 6.43. The number of aromatic nitrogens is 2. The first kappa shape index (κ1) is 13.3. The summed E-state index contributed by atoms with van der Waals surface area (Å²) in [5.74, 6) is 1.02. The number of ether oxygens (including phenoxy) is 1. The van der Waals surface area contributed by atoms with Crippen molar-refractivity contribution in [3.8, 4) is 10.7 Å². The number of hydrogen-bond donors (Lipinski definition) is 0. The van der Waals surface area contributed by atoms with Crippen LogP contribution >= 0.6 is 11.3 Å². The second-order valence-corrected chi connectivity index (χ2v) is 5.68. The van der Waals surface area contributed by atoms with E-state index in [9.17, 15) is 4.79 Å². The van der Waals surface area contributed by atoms with E-state index in [1.165, 1.54) is 7.11 Å². The molecule has 3 heterocycles. The van der Waals surface area contributed by atoms with Crippen molar-refractivity contribution < 1.29 is 14.1 Å². The van der Waals surface area contributed by atoms with Gasteiger partial charge in [-0.3, -0.25) is 9.69 Å². The van der Waals surface area contributed by atoms with Gasteiger partial charge in [-0.25, -0.2) is 0 Å². The number of likely N-dealkylation sites (tertiary alicyclic amines) is 1. The molecule has 3 rings (SSSR count). The van der Waals surface area contributed by atoms with Crippen molar-refractivity contribution in [2.75, 3.05) is 20.2 Å². The van der Waals surface area contributed by atoms with E-state index in [0.717, 1.165) is 17.8 Å². The van der Waals surface area contributed by atoms with Gasteiger partial charge < -0.3 is 9.26 Å². The topological polar surface area (TPSA) is 68.5 Å². The van der Waals surface area contributed by atoms with Crippen LogP contribution in [-0.4, -0.2) is 41.2 Å². The minimum absolute atomic E-state index is 0.0420. The Kier molecular flexibility index (Phi) is 3.79. The highest BCUT2D eigenvalue weighted by Gasteiger charge is 2.29. The molecule has 0 amide bonds. The van der Waals surface area contributed by atoms with E-state index >= 15 is 0 Å². The van der Waals surface area contributed by atoms with Gasteiger partial charge in [0.05, 0.1) is 24.4 Å². The van der Waals surface area contributed by atoms with Gasteiger partial charge in [-0.05, 0) is 24.4 Å². The fraction of sp³-hybridized carbons (Fsp3) is 0.462. The Morgan fingerprint density at radius 1 is 1.65 bits per heavy atom. The van der Waals surface area contributed by atoms with Crippen molar-refractivity contribution in [1.29, 1.82) is 0 Å². The summed E-state index contributed by atoms with van der Waals surface area (Å²) >= 11 is 1.58. The number of nitrogens with zero attached hydrogens (tertiary/aromatic N) is 3. The summed E-state index contributed by atoms with van der Waals surface area (Å²) in [6.45, 7) is 2.10. The Hall–Kier alpha value is -1.73. The van der Waals surface area contributed by atoms with Crippen LogP contribution in [0.15, 0.2) is 22.0 Å². The average molecular weight is 293 g/mol. The lowest BCUT2D eigenvalue weighted by molar-refractivity contribution is -0.144. The summed E-state index contributed by atoms with van der Waals surface area (Å²) in [4.78, 5) is 19.0. The van der Waals surface area contributed by atoms with E-state index in [4.69, 9.17) is 9.26 Å². The van der Waals surface area contributed by atoms with Crippen molar-refractivity contribution in [2.24, 2.45) is 5.92 Å². The molecule has 1 fully saturated rings. The van der Waals surface area contributed by atoms with E-state index in [2.05, 4.69) is 15.0 Å². The van der Waals surface area contributed by atoms with Gasteiger partial charge in [0.2, 0.25) is 11.7 Å². The molecule has 1 saturated heterocycles. The number of carbonyl (C=O) groups excluding carboxylic acids is 1. The molecular formula is C13H15N3O3S. The van der Waals surface area contributed by atoms with Crippen LogP contribution in [0.4, 0.5) is 0 Å². The predicted octanol–water partition coefficient (Wildman–Crippen LogP) is 1.79. The lowest BCUT2D eigenvalue weighted by Crippen LogP contribution is -2.23. The molecule has 106 valence electrons. The van der Waals surface area contributed by atoms with Crippen LogP contribution in [0.25, 0.3) is 10.7 Å². The molecule has 0 aromatic carbocycles. The van der Waals surface area contributed by atoms with Gasteiger partial charge in [0.1, 0.15) is 0 Å². The molecule has 1 aliphatic heterocycles. The lowest BCUT2D eigenvalue weighted by atomic mass is 10.1. The van der Waals surface area contributed by atoms with Crippen molar-refractivity contribution in [1.82, 2.24) is 15.0 Å². The maximum Gasteiger partial charge on any atom is 0.310 e. The van der Waals surface area contributed by atoms with Crippen LogP contribution in [0.1, 0.15) is 12.3 Å². The van der Waals surface area contributed by atoms with Gasteiger partial charge in [0, 0.05) is 6.54 Å². The second kappa shape index (κ2) is 5.72. The smallest absolute Gasteiger partial charge is 0.310 e. The van der Waals surface area contributed by atoms with Crippen LogP contribution < -0.4 is 0 Å². The Morgan fingerprint density at radius 3 is 3.30 bits per heavy atom. The molecule has 0 spiro atoms. The number of carbonyl (C=O) groups is 1. The van der Waals surface area contributed by atoms with E-state index in [-0.39, 0.29) is 11.9 Å². The third-order valence-corrected chi connectivity index (χ3v) is 4.24. The molecule has 0 bridgehead atoms. The van der Waals surface area contributed by atoms with E-state index in [1.807, 2.05) is 17.5 Å². The second-order valence-electron chi connectivity index (χ2n) is 4.73. The SMILES string of the molecule is COC(=O)C1CCN(Cc2nc(-c3cccs3)no2)C1. The van der Waals surface area contributed by atoms with Crippen molar-refractivity contribution in [3.63, 3.8) is 0 Å². The molecule has 1 aliphatic rings. The van der Waals surface area contributed by atoms with Gasteiger partial charge in [0.25, 0.3) is 0 Å². The largest absolute Gasteiger partial charge is 0.469 e. The normalized spacial score (nSPS) is 19.4. The third-order valence-electron chi connectivity index (χ3n) is 3.38. The zero-order valence-corrected chi connectivity index (χ0v) is 11.9. The Morgan fingerprint density at radius 2 is 2.55 bits per heavy atom.